The molecule has 2 aliphatic rings. The summed E-state index contributed by atoms with van der Waals surface area (Å²) in [6, 6.07) is 9.55. The molecule has 3 rings (SSSR count). The molecule has 1 heterocycles. The van der Waals surface area contributed by atoms with Gasteiger partial charge in [-0.3, -0.25) is 4.79 Å². The molecule has 3 N–H and O–H groups in total. The van der Waals surface area contributed by atoms with E-state index < -0.39 is 17.5 Å². The molecule has 2 fully saturated rings. The quantitative estimate of drug-likeness (QED) is 0.732. The largest absolute Gasteiger partial charge is 0.479 e. The van der Waals surface area contributed by atoms with Crippen LogP contribution in [0.4, 0.5) is 5.69 Å². The highest BCUT2D eigenvalue weighted by Crippen LogP contribution is 2.28. The van der Waals surface area contributed by atoms with Crippen LogP contribution in [0.2, 0.25) is 0 Å². The summed E-state index contributed by atoms with van der Waals surface area (Å²) in [4.78, 5) is 23.9. The molecular weight excluding hydrogens is 296 g/mol. The smallest absolute Gasteiger partial charge is 0.345 e. The maximum Gasteiger partial charge on any atom is 0.345 e. The topological polar surface area (TPSA) is 89.9 Å². The lowest BCUT2D eigenvalue weighted by molar-refractivity contribution is -0.162. The van der Waals surface area contributed by atoms with Gasteiger partial charge in [-0.15, -0.1) is 0 Å². The molecule has 126 valence electrons. The Morgan fingerprint density at radius 3 is 2.30 bits per heavy atom. The van der Waals surface area contributed by atoms with Crippen molar-refractivity contribution in [2.24, 2.45) is 0 Å². The summed E-state index contributed by atoms with van der Waals surface area (Å²) in [5, 5.41) is 21.8. The van der Waals surface area contributed by atoms with Gasteiger partial charge in [-0.1, -0.05) is 31.0 Å². The number of carboxylic acids is 1. The van der Waals surface area contributed by atoms with E-state index >= 15 is 0 Å². The number of hydrogen-bond donors (Lipinski definition) is 3. The summed E-state index contributed by atoms with van der Waals surface area (Å²) < 4.78 is 0. The third-order valence-corrected chi connectivity index (χ3v) is 4.48. The van der Waals surface area contributed by atoms with Crippen LogP contribution in [-0.2, 0) is 9.59 Å². The Balaban J connectivity index is 0.000000229. The highest BCUT2D eigenvalue weighted by molar-refractivity contribution is 6.14. The van der Waals surface area contributed by atoms with Gasteiger partial charge in [-0.25, -0.2) is 4.79 Å². The second kappa shape index (κ2) is 7.57. The first-order chi connectivity index (χ1) is 11.0. The van der Waals surface area contributed by atoms with Gasteiger partial charge in [0.2, 0.25) is 5.60 Å². The van der Waals surface area contributed by atoms with Gasteiger partial charge < -0.3 is 20.4 Å². The monoisotopic (exact) mass is 320 g/mol. The predicted molar refractivity (Wildman–Crippen MR) is 87.3 cm³/mol. The zero-order chi connectivity index (χ0) is 16.9. The van der Waals surface area contributed by atoms with Gasteiger partial charge in [-0.05, 0) is 32.0 Å². The maximum absolute atomic E-state index is 11.8. The van der Waals surface area contributed by atoms with Gasteiger partial charge in [0, 0.05) is 24.7 Å². The van der Waals surface area contributed by atoms with Gasteiger partial charge >= 0.3 is 5.97 Å². The van der Waals surface area contributed by atoms with Crippen LogP contribution >= 0.6 is 0 Å². The number of hydrogen-bond acceptors (Lipinski definition) is 4. The van der Waals surface area contributed by atoms with Crippen LogP contribution in [0.15, 0.2) is 30.3 Å². The van der Waals surface area contributed by atoms with Crippen LogP contribution in [-0.4, -0.2) is 47.3 Å². The number of nitrogens with one attached hydrogen (secondary N) is 1. The molecule has 23 heavy (non-hydrogen) atoms. The fourth-order valence-corrected chi connectivity index (χ4v) is 2.97. The lowest BCUT2D eigenvalue weighted by Gasteiger charge is -2.18. The second-order valence-electron chi connectivity index (χ2n) is 5.98. The third kappa shape index (κ3) is 3.89. The number of amides is 1. The van der Waals surface area contributed by atoms with Crippen LogP contribution in [0, 0.1) is 0 Å². The number of para-hydroxylation sites is 1. The molecule has 1 amide bonds. The molecule has 1 aliphatic heterocycles. The van der Waals surface area contributed by atoms with Gasteiger partial charge in [0.05, 0.1) is 0 Å². The highest BCUT2D eigenvalue weighted by Gasteiger charge is 2.52. The summed E-state index contributed by atoms with van der Waals surface area (Å²) in [6.07, 6.45) is 5.58. The van der Waals surface area contributed by atoms with Gasteiger partial charge in [0.25, 0.3) is 5.91 Å². The molecule has 1 saturated carbocycles. The molecular formula is C17H24N2O4. The molecule has 1 atom stereocenters. The molecule has 0 spiro atoms. The van der Waals surface area contributed by atoms with Gasteiger partial charge in [0.15, 0.2) is 0 Å². The fraction of sp³-hybridized carbons (Fsp3) is 0.529. The average Bonchev–Trinajstić information content (AvgIpc) is 3.19. The van der Waals surface area contributed by atoms with Crippen molar-refractivity contribution >= 4 is 17.6 Å². The van der Waals surface area contributed by atoms with Crippen molar-refractivity contribution in [3.05, 3.63) is 30.3 Å². The standard InChI is InChI=1S/C11H11NO4.C6H13N/c13-9-11(16,10(14)15)6-7-12(9)8-4-2-1-3-5-8;1-7-6-4-2-3-5-6/h1-5,16H,6-7H2,(H,14,15);6-7H,2-5H2,1H3/t11-;/m0./s1. The number of carbonyl (C=O) groups excluding carboxylic acids is 1. The highest BCUT2D eigenvalue weighted by atomic mass is 16.4. The Kier molecular flexibility index (Phi) is 5.74. The van der Waals surface area contributed by atoms with E-state index in [1.807, 2.05) is 0 Å². The molecule has 1 aromatic carbocycles. The number of aliphatic carboxylic acids is 1. The van der Waals surface area contributed by atoms with Crippen LogP contribution in [0.1, 0.15) is 32.1 Å². The molecule has 0 radical (unpaired) electrons. The van der Waals surface area contributed by atoms with E-state index in [0.29, 0.717) is 5.69 Å². The van der Waals surface area contributed by atoms with Gasteiger partial charge in [-0.2, -0.15) is 0 Å². The number of carboxylic acid groups (broad SMARTS) is 1. The number of nitrogens with zero attached hydrogens (tertiary/aromatic N) is 1. The normalized spacial score (nSPS) is 24.4. The number of anilines is 1. The Bertz CT molecular complexity index is 543. The Hall–Kier alpha value is -1.92. The van der Waals surface area contributed by atoms with Crippen LogP contribution < -0.4 is 10.2 Å². The summed E-state index contributed by atoms with van der Waals surface area (Å²) in [7, 11) is 2.05. The Morgan fingerprint density at radius 1 is 1.26 bits per heavy atom. The van der Waals surface area contributed by atoms with E-state index in [4.69, 9.17) is 5.11 Å². The molecule has 0 aromatic heterocycles. The predicted octanol–water partition coefficient (Wildman–Crippen LogP) is 1.39. The lowest BCUT2D eigenvalue weighted by atomic mass is 10.0. The van der Waals surface area contributed by atoms with Crippen molar-refractivity contribution in [2.45, 2.75) is 43.7 Å². The Labute approximate surface area is 136 Å². The number of benzene rings is 1. The number of rotatable bonds is 3. The first kappa shape index (κ1) is 17.4. The van der Waals surface area contributed by atoms with Crippen molar-refractivity contribution in [1.29, 1.82) is 0 Å². The maximum atomic E-state index is 11.8. The van der Waals surface area contributed by atoms with E-state index in [9.17, 15) is 14.7 Å². The van der Waals surface area contributed by atoms with Gasteiger partial charge in [0.1, 0.15) is 0 Å². The van der Waals surface area contributed by atoms with E-state index in [1.165, 1.54) is 30.6 Å². The van der Waals surface area contributed by atoms with E-state index in [1.54, 1.807) is 30.3 Å². The number of carbonyl (C=O) groups is 2. The minimum absolute atomic E-state index is 0.0872. The van der Waals surface area contributed by atoms with E-state index in [2.05, 4.69) is 12.4 Å². The van der Waals surface area contributed by atoms with Crippen molar-refractivity contribution in [3.8, 4) is 0 Å². The van der Waals surface area contributed by atoms with Crippen molar-refractivity contribution in [2.75, 3.05) is 18.5 Å². The number of aliphatic hydroxyl groups is 1. The molecule has 0 bridgehead atoms. The van der Waals surface area contributed by atoms with Crippen molar-refractivity contribution < 1.29 is 19.8 Å². The minimum atomic E-state index is -2.27. The summed E-state index contributed by atoms with van der Waals surface area (Å²) in [6.45, 7) is 0.214. The average molecular weight is 320 g/mol. The molecule has 1 aromatic rings. The second-order valence-corrected chi connectivity index (χ2v) is 5.98. The molecule has 1 aliphatic carbocycles. The first-order valence-corrected chi connectivity index (χ1v) is 7.99. The Morgan fingerprint density at radius 2 is 1.87 bits per heavy atom. The molecule has 0 unspecified atom stereocenters. The molecule has 1 saturated heterocycles. The van der Waals surface area contributed by atoms with Crippen molar-refractivity contribution in [1.82, 2.24) is 5.32 Å². The third-order valence-electron chi connectivity index (χ3n) is 4.48. The summed E-state index contributed by atoms with van der Waals surface area (Å²) >= 11 is 0. The SMILES string of the molecule is CNC1CCCC1.O=C(O)[C@]1(O)CCN(c2ccccc2)C1=O. The zero-order valence-electron chi connectivity index (χ0n) is 13.4. The van der Waals surface area contributed by atoms with Crippen molar-refractivity contribution in [3.63, 3.8) is 0 Å². The molecule has 6 nitrogen and oxygen atoms in total. The van der Waals surface area contributed by atoms with E-state index in [-0.39, 0.29) is 13.0 Å². The summed E-state index contributed by atoms with van der Waals surface area (Å²) in [5.41, 5.74) is -1.67. The van der Waals surface area contributed by atoms with Crippen LogP contribution in [0.25, 0.3) is 0 Å². The minimum Gasteiger partial charge on any atom is -0.479 e. The zero-order valence-corrected chi connectivity index (χ0v) is 13.4. The van der Waals surface area contributed by atoms with Crippen LogP contribution in [0.3, 0.4) is 0 Å². The fourth-order valence-electron chi connectivity index (χ4n) is 2.97. The molecule has 6 heteroatoms. The lowest BCUT2D eigenvalue weighted by Crippen LogP contribution is -2.46. The summed E-state index contributed by atoms with van der Waals surface area (Å²) in [5.74, 6) is -2.26. The van der Waals surface area contributed by atoms with E-state index in [0.717, 1.165) is 6.04 Å². The first-order valence-electron chi connectivity index (χ1n) is 7.99. The van der Waals surface area contributed by atoms with Crippen LogP contribution in [0.5, 0.6) is 0 Å².